The zero-order chi connectivity index (χ0) is 17.1. The lowest BCUT2D eigenvalue weighted by atomic mass is 10.1. The van der Waals surface area contributed by atoms with Crippen molar-refractivity contribution in [2.75, 3.05) is 47.4 Å². The van der Waals surface area contributed by atoms with Gasteiger partial charge in [0.05, 0.1) is 7.11 Å². The summed E-state index contributed by atoms with van der Waals surface area (Å²) in [4.78, 5) is 6.75. The van der Waals surface area contributed by atoms with E-state index < -0.39 is 0 Å². The molecular weight excluding hydrogens is 312 g/mol. The summed E-state index contributed by atoms with van der Waals surface area (Å²) in [5.41, 5.74) is 1.10. The Bertz CT molecular complexity index is 491. The predicted octanol–water partition coefficient (Wildman–Crippen LogP) is 2.40. The van der Waals surface area contributed by atoms with Crippen LogP contribution in [0.5, 0.6) is 5.75 Å². The van der Waals surface area contributed by atoms with Crippen LogP contribution < -0.4 is 15.4 Å². The van der Waals surface area contributed by atoms with Gasteiger partial charge in [-0.1, -0.05) is 17.7 Å². The molecule has 1 aromatic rings. The second kappa shape index (κ2) is 11.1. The summed E-state index contributed by atoms with van der Waals surface area (Å²) in [7, 11) is 5.79. The van der Waals surface area contributed by atoms with Gasteiger partial charge in [-0.3, -0.25) is 4.99 Å². The lowest BCUT2D eigenvalue weighted by molar-refractivity contribution is 0.403. The third-order valence-corrected chi connectivity index (χ3v) is 3.68. The second-order valence-electron chi connectivity index (χ2n) is 5.55. The van der Waals surface area contributed by atoms with E-state index in [1.54, 1.807) is 7.11 Å². The third kappa shape index (κ3) is 8.09. The van der Waals surface area contributed by atoms with Crippen molar-refractivity contribution >= 4 is 17.6 Å². The lowest BCUT2D eigenvalue weighted by Gasteiger charge is -2.13. The van der Waals surface area contributed by atoms with Crippen molar-refractivity contribution in [1.82, 2.24) is 15.5 Å². The van der Waals surface area contributed by atoms with E-state index in [1.165, 1.54) is 0 Å². The molecule has 0 bridgehead atoms. The normalized spacial score (nSPS) is 11.7. The zero-order valence-corrected chi connectivity index (χ0v) is 15.4. The van der Waals surface area contributed by atoms with E-state index in [1.807, 2.05) is 18.2 Å². The van der Waals surface area contributed by atoms with Crippen LogP contribution in [0.2, 0.25) is 5.02 Å². The second-order valence-corrected chi connectivity index (χ2v) is 5.96. The van der Waals surface area contributed by atoms with Gasteiger partial charge in [0.25, 0.3) is 0 Å². The number of guanidine groups is 1. The molecule has 2 N–H and O–H groups in total. The molecule has 6 heteroatoms. The molecule has 0 aliphatic heterocycles. The number of nitrogens with one attached hydrogen (secondary N) is 2. The molecule has 1 rings (SSSR count). The fourth-order valence-corrected chi connectivity index (χ4v) is 2.36. The van der Waals surface area contributed by atoms with E-state index in [0.29, 0.717) is 0 Å². The van der Waals surface area contributed by atoms with Gasteiger partial charge >= 0.3 is 0 Å². The molecule has 0 aliphatic carbocycles. The average molecular weight is 341 g/mol. The Morgan fingerprint density at radius 3 is 2.70 bits per heavy atom. The molecule has 0 atom stereocenters. The third-order valence-electron chi connectivity index (χ3n) is 3.32. The van der Waals surface area contributed by atoms with Gasteiger partial charge in [-0.15, -0.1) is 0 Å². The Morgan fingerprint density at radius 1 is 1.30 bits per heavy atom. The summed E-state index contributed by atoms with van der Waals surface area (Å²) in [6.07, 6.45) is 1.89. The van der Waals surface area contributed by atoms with Gasteiger partial charge in [-0.05, 0) is 58.1 Å². The van der Waals surface area contributed by atoms with Crippen LogP contribution in [0.25, 0.3) is 0 Å². The molecule has 0 saturated heterocycles. The van der Waals surface area contributed by atoms with Gasteiger partial charge < -0.3 is 20.3 Å². The summed E-state index contributed by atoms with van der Waals surface area (Å²) in [5.74, 6) is 1.64. The Balaban J connectivity index is 2.44. The van der Waals surface area contributed by atoms with Crippen LogP contribution in [0.4, 0.5) is 0 Å². The maximum Gasteiger partial charge on any atom is 0.191 e. The van der Waals surface area contributed by atoms with Crippen LogP contribution in [0.15, 0.2) is 23.2 Å². The van der Waals surface area contributed by atoms with Crippen LogP contribution in [0, 0.1) is 0 Å². The molecule has 0 spiro atoms. The first kappa shape index (κ1) is 19.6. The SMILES string of the molecule is CCNC(=NCCCN(C)C)NCCc1ccc(OC)cc1Cl. The van der Waals surface area contributed by atoms with Crippen LogP contribution in [0.1, 0.15) is 18.9 Å². The van der Waals surface area contributed by atoms with Crippen LogP contribution >= 0.6 is 11.6 Å². The molecule has 0 amide bonds. The number of ether oxygens (including phenoxy) is 1. The van der Waals surface area contributed by atoms with Crippen molar-refractivity contribution in [3.8, 4) is 5.75 Å². The molecule has 23 heavy (non-hydrogen) atoms. The summed E-state index contributed by atoms with van der Waals surface area (Å²) in [5, 5.41) is 7.35. The highest BCUT2D eigenvalue weighted by Crippen LogP contribution is 2.22. The van der Waals surface area contributed by atoms with Gasteiger partial charge in [0, 0.05) is 24.7 Å². The van der Waals surface area contributed by atoms with Crippen molar-refractivity contribution in [1.29, 1.82) is 0 Å². The topological polar surface area (TPSA) is 48.9 Å². The van der Waals surface area contributed by atoms with E-state index in [4.69, 9.17) is 16.3 Å². The van der Waals surface area contributed by atoms with E-state index in [2.05, 4.69) is 41.5 Å². The molecule has 5 nitrogen and oxygen atoms in total. The molecule has 0 aromatic heterocycles. The number of aliphatic imine (C=N–C) groups is 1. The monoisotopic (exact) mass is 340 g/mol. The maximum atomic E-state index is 6.26. The fraction of sp³-hybridized carbons (Fsp3) is 0.588. The minimum absolute atomic E-state index is 0.735. The Hall–Kier alpha value is -1.46. The molecule has 0 radical (unpaired) electrons. The molecule has 0 unspecified atom stereocenters. The fourth-order valence-electron chi connectivity index (χ4n) is 2.09. The summed E-state index contributed by atoms with van der Waals surface area (Å²) >= 11 is 6.26. The molecule has 0 heterocycles. The maximum absolute atomic E-state index is 6.26. The number of methoxy groups -OCH3 is 1. The van der Waals surface area contributed by atoms with Crippen molar-refractivity contribution < 1.29 is 4.74 Å². The van der Waals surface area contributed by atoms with Gasteiger partial charge in [0.2, 0.25) is 0 Å². The van der Waals surface area contributed by atoms with E-state index >= 15 is 0 Å². The minimum Gasteiger partial charge on any atom is -0.497 e. The summed E-state index contributed by atoms with van der Waals surface area (Å²) < 4.78 is 5.16. The van der Waals surface area contributed by atoms with E-state index in [-0.39, 0.29) is 0 Å². The van der Waals surface area contributed by atoms with Gasteiger partial charge in [0.1, 0.15) is 5.75 Å². The molecule has 130 valence electrons. The number of rotatable bonds is 9. The van der Waals surface area contributed by atoms with Crippen molar-refractivity contribution in [2.45, 2.75) is 19.8 Å². The van der Waals surface area contributed by atoms with Crippen molar-refractivity contribution in [3.63, 3.8) is 0 Å². The molecule has 0 saturated carbocycles. The van der Waals surface area contributed by atoms with E-state index in [0.717, 1.165) is 61.3 Å². The van der Waals surface area contributed by atoms with Gasteiger partial charge in [0.15, 0.2) is 5.96 Å². The first-order chi connectivity index (χ1) is 11.1. The van der Waals surface area contributed by atoms with Gasteiger partial charge in [-0.25, -0.2) is 0 Å². The number of hydrogen-bond donors (Lipinski definition) is 2. The number of nitrogens with zero attached hydrogens (tertiary/aromatic N) is 2. The van der Waals surface area contributed by atoms with Crippen LogP contribution in [-0.4, -0.2) is 58.2 Å². The highest BCUT2D eigenvalue weighted by molar-refractivity contribution is 6.31. The van der Waals surface area contributed by atoms with Crippen LogP contribution in [0.3, 0.4) is 0 Å². The Kier molecular flexibility index (Phi) is 9.48. The highest BCUT2D eigenvalue weighted by atomic mass is 35.5. The van der Waals surface area contributed by atoms with Crippen molar-refractivity contribution in [3.05, 3.63) is 28.8 Å². The standard InChI is InChI=1S/C17H29ClN4O/c1-5-19-17(20-10-6-12-22(2)3)21-11-9-14-7-8-15(23-4)13-16(14)18/h7-8,13H,5-6,9-12H2,1-4H3,(H2,19,20,21). The number of halogens is 1. The smallest absolute Gasteiger partial charge is 0.191 e. The number of hydrogen-bond acceptors (Lipinski definition) is 3. The molecule has 1 aromatic carbocycles. The largest absolute Gasteiger partial charge is 0.497 e. The molecule has 0 fully saturated rings. The Morgan fingerprint density at radius 2 is 2.09 bits per heavy atom. The lowest BCUT2D eigenvalue weighted by Crippen LogP contribution is -2.38. The van der Waals surface area contributed by atoms with Crippen LogP contribution in [-0.2, 0) is 6.42 Å². The first-order valence-electron chi connectivity index (χ1n) is 8.06. The first-order valence-corrected chi connectivity index (χ1v) is 8.44. The summed E-state index contributed by atoms with van der Waals surface area (Å²) in [6, 6.07) is 5.78. The van der Waals surface area contributed by atoms with Crippen molar-refractivity contribution in [2.24, 2.45) is 4.99 Å². The average Bonchev–Trinajstić information content (AvgIpc) is 2.52. The van der Waals surface area contributed by atoms with E-state index in [9.17, 15) is 0 Å². The summed E-state index contributed by atoms with van der Waals surface area (Å²) in [6.45, 7) is 5.56. The molecule has 0 aliphatic rings. The quantitative estimate of drug-likeness (QED) is 0.412. The Labute approximate surface area is 145 Å². The van der Waals surface area contributed by atoms with Gasteiger partial charge in [-0.2, -0.15) is 0 Å². The number of benzene rings is 1. The molecular formula is C17H29ClN4O. The predicted molar refractivity (Wildman–Crippen MR) is 98.9 cm³/mol. The minimum atomic E-state index is 0.735. The zero-order valence-electron chi connectivity index (χ0n) is 14.7. The highest BCUT2D eigenvalue weighted by Gasteiger charge is 2.03.